The van der Waals surface area contributed by atoms with Gasteiger partial charge < -0.3 is 20.3 Å². The zero-order valence-electron chi connectivity index (χ0n) is 10.9. The van der Waals surface area contributed by atoms with E-state index in [2.05, 4.69) is 5.32 Å². The van der Waals surface area contributed by atoms with Gasteiger partial charge in [-0.1, -0.05) is 13.8 Å². The summed E-state index contributed by atoms with van der Waals surface area (Å²) in [7, 11) is 0. The van der Waals surface area contributed by atoms with E-state index in [1.165, 1.54) is 0 Å². The fourth-order valence-electron chi connectivity index (χ4n) is 1.05. The van der Waals surface area contributed by atoms with E-state index in [1.807, 2.05) is 0 Å². The molecule has 17 heavy (non-hydrogen) atoms. The van der Waals surface area contributed by atoms with Crippen LogP contribution in [0.3, 0.4) is 0 Å². The Morgan fingerprint density at radius 3 is 2.06 bits per heavy atom. The molecule has 0 fully saturated rings. The molecule has 0 radical (unpaired) electrons. The molecular weight excluding hydrogens is 226 g/mol. The fraction of sp³-hybridized carbons (Fsp3) is 0.818. The summed E-state index contributed by atoms with van der Waals surface area (Å²) in [5.74, 6) is -1.32. The van der Waals surface area contributed by atoms with Gasteiger partial charge in [0, 0.05) is 12.0 Å². The van der Waals surface area contributed by atoms with Gasteiger partial charge in [-0.25, -0.2) is 9.59 Å². The Morgan fingerprint density at radius 1 is 1.24 bits per heavy atom. The normalized spacial score (nSPS) is 14.0. The van der Waals surface area contributed by atoms with Crippen LogP contribution in [0, 0.1) is 5.41 Å². The molecule has 0 saturated carbocycles. The van der Waals surface area contributed by atoms with Crippen molar-refractivity contribution < 1.29 is 24.5 Å². The molecule has 1 atom stereocenters. The summed E-state index contributed by atoms with van der Waals surface area (Å²) in [5.41, 5.74) is -1.58. The maximum atomic E-state index is 11.3. The molecule has 0 aromatic carbocycles. The maximum absolute atomic E-state index is 11.3. The molecule has 0 aliphatic rings. The lowest BCUT2D eigenvalue weighted by molar-refractivity contribution is -0.152. The third-order valence-corrected chi connectivity index (χ3v) is 2.06. The predicted molar refractivity (Wildman–Crippen MR) is 61.7 cm³/mol. The van der Waals surface area contributed by atoms with E-state index in [0.717, 1.165) is 0 Å². The van der Waals surface area contributed by atoms with Crippen molar-refractivity contribution in [2.75, 3.05) is 6.54 Å². The molecule has 6 heteroatoms. The molecule has 6 nitrogen and oxygen atoms in total. The standard InChI is InChI=1S/C11H21NO5/c1-10(2,3)17-9(16)12-6-11(4,5)7(13)8(14)15/h7,13H,6H2,1-5H3,(H,12,16)(H,14,15). The Hall–Kier alpha value is -1.30. The van der Waals surface area contributed by atoms with E-state index in [0.29, 0.717) is 0 Å². The predicted octanol–water partition coefficient (Wildman–Crippen LogP) is 0.983. The van der Waals surface area contributed by atoms with E-state index in [-0.39, 0.29) is 6.54 Å². The second-order valence-electron chi connectivity index (χ2n) is 5.58. The van der Waals surface area contributed by atoms with Crippen molar-refractivity contribution >= 4 is 12.1 Å². The summed E-state index contributed by atoms with van der Waals surface area (Å²) in [6.45, 7) is 8.28. The number of carbonyl (C=O) groups excluding carboxylic acids is 1. The number of aliphatic hydroxyl groups excluding tert-OH is 1. The van der Waals surface area contributed by atoms with Crippen molar-refractivity contribution in [1.29, 1.82) is 0 Å². The molecule has 3 N–H and O–H groups in total. The highest BCUT2D eigenvalue weighted by atomic mass is 16.6. The molecule has 0 heterocycles. The molecule has 100 valence electrons. The van der Waals surface area contributed by atoms with Gasteiger partial charge in [-0.3, -0.25) is 0 Å². The van der Waals surface area contributed by atoms with Crippen LogP contribution < -0.4 is 5.32 Å². The smallest absolute Gasteiger partial charge is 0.407 e. The summed E-state index contributed by atoms with van der Waals surface area (Å²) in [4.78, 5) is 22.0. The number of hydrogen-bond donors (Lipinski definition) is 3. The third-order valence-electron chi connectivity index (χ3n) is 2.06. The van der Waals surface area contributed by atoms with Crippen LogP contribution in [0.1, 0.15) is 34.6 Å². The van der Waals surface area contributed by atoms with Crippen molar-refractivity contribution in [3.63, 3.8) is 0 Å². The van der Waals surface area contributed by atoms with Crippen LogP contribution in [0.25, 0.3) is 0 Å². The van der Waals surface area contributed by atoms with E-state index < -0.39 is 29.2 Å². The summed E-state index contributed by atoms with van der Waals surface area (Å²) in [6, 6.07) is 0. The lowest BCUT2D eigenvalue weighted by atomic mass is 9.86. The molecule has 1 amide bonds. The van der Waals surface area contributed by atoms with Crippen LogP contribution >= 0.6 is 0 Å². The number of amides is 1. The molecule has 0 spiro atoms. The highest BCUT2D eigenvalue weighted by molar-refractivity contribution is 5.73. The van der Waals surface area contributed by atoms with Crippen LogP contribution in [0.5, 0.6) is 0 Å². The Bertz CT molecular complexity index is 293. The molecule has 0 aromatic heterocycles. The lowest BCUT2D eigenvalue weighted by Crippen LogP contribution is -2.46. The Morgan fingerprint density at radius 2 is 1.71 bits per heavy atom. The zero-order chi connectivity index (χ0) is 13.9. The minimum absolute atomic E-state index is 0.00931. The zero-order valence-corrected chi connectivity index (χ0v) is 10.9. The van der Waals surface area contributed by atoms with Crippen LogP contribution in [0.4, 0.5) is 4.79 Å². The van der Waals surface area contributed by atoms with Gasteiger partial charge in [0.2, 0.25) is 0 Å². The molecule has 0 bridgehead atoms. The number of carboxylic acid groups (broad SMARTS) is 1. The number of carbonyl (C=O) groups is 2. The van der Waals surface area contributed by atoms with Gasteiger partial charge in [-0.2, -0.15) is 0 Å². The van der Waals surface area contributed by atoms with Crippen molar-refractivity contribution in [3.8, 4) is 0 Å². The first-order valence-electron chi connectivity index (χ1n) is 5.33. The van der Waals surface area contributed by atoms with Crippen LogP contribution in [0.2, 0.25) is 0 Å². The minimum atomic E-state index is -1.54. The average molecular weight is 247 g/mol. The monoisotopic (exact) mass is 247 g/mol. The summed E-state index contributed by atoms with van der Waals surface area (Å²) >= 11 is 0. The first kappa shape index (κ1) is 15.7. The number of aliphatic carboxylic acids is 1. The van der Waals surface area contributed by atoms with Gasteiger partial charge >= 0.3 is 12.1 Å². The fourth-order valence-corrected chi connectivity index (χ4v) is 1.05. The topological polar surface area (TPSA) is 95.9 Å². The molecule has 0 rings (SSSR count). The van der Waals surface area contributed by atoms with E-state index >= 15 is 0 Å². The average Bonchev–Trinajstić information content (AvgIpc) is 2.11. The van der Waals surface area contributed by atoms with Gasteiger partial charge in [-0.15, -0.1) is 0 Å². The van der Waals surface area contributed by atoms with E-state index in [9.17, 15) is 14.7 Å². The van der Waals surface area contributed by atoms with Gasteiger partial charge in [0.1, 0.15) is 5.60 Å². The molecule has 0 aromatic rings. The summed E-state index contributed by atoms with van der Waals surface area (Å²) in [6.07, 6.45) is -2.18. The highest BCUT2D eigenvalue weighted by Crippen LogP contribution is 2.20. The number of rotatable bonds is 4. The minimum Gasteiger partial charge on any atom is -0.479 e. The number of nitrogens with one attached hydrogen (secondary N) is 1. The van der Waals surface area contributed by atoms with Crippen molar-refractivity contribution in [2.24, 2.45) is 5.41 Å². The highest BCUT2D eigenvalue weighted by Gasteiger charge is 2.34. The van der Waals surface area contributed by atoms with E-state index in [4.69, 9.17) is 9.84 Å². The first-order chi connectivity index (χ1) is 7.46. The third kappa shape index (κ3) is 6.11. The summed E-state index contributed by atoms with van der Waals surface area (Å²) < 4.78 is 4.99. The number of hydrogen-bond acceptors (Lipinski definition) is 4. The van der Waals surface area contributed by atoms with Gasteiger partial charge in [0.25, 0.3) is 0 Å². The van der Waals surface area contributed by atoms with Crippen molar-refractivity contribution in [2.45, 2.75) is 46.3 Å². The Labute approximate surface area is 101 Å². The molecule has 0 aliphatic heterocycles. The molecule has 0 aliphatic carbocycles. The van der Waals surface area contributed by atoms with Crippen molar-refractivity contribution in [1.82, 2.24) is 5.32 Å². The maximum Gasteiger partial charge on any atom is 0.407 e. The van der Waals surface area contributed by atoms with Crippen LogP contribution in [-0.2, 0) is 9.53 Å². The molecule has 0 saturated heterocycles. The second kappa shape index (κ2) is 5.35. The van der Waals surface area contributed by atoms with Gasteiger partial charge in [-0.05, 0) is 20.8 Å². The van der Waals surface area contributed by atoms with Crippen LogP contribution in [-0.4, -0.2) is 40.5 Å². The number of alkyl carbamates (subject to hydrolysis) is 1. The largest absolute Gasteiger partial charge is 0.479 e. The quantitative estimate of drug-likeness (QED) is 0.688. The number of ether oxygens (including phenoxy) is 1. The second-order valence-corrected chi connectivity index (χ2v) is 5.58. The van der Waals surface area contributed by atoms with Gasteiger partial charge in [0.15, 0.2) is 6.10 Å². The number of aliphatic hydroxyl groups is 1. The van der Waals surface area contributed by atoms with E-state index in [1.54, 1.807) is 34.6 Å². The lowest BCUT2D eigenvalue weighted by Gasteiger charge is -2.28. The summed E-state index contributed by atoms with van der Waals surface area (Å²) in [5, 5.41) is 20.5. The molecule has 1 unspecified atom stereocenters. The van der Waals surface area contributed by atoms with Crippen molar-refractivity contribution in [3.05, 3.63) is 0 Å². The SMILES string of the molecule is CC(C)(C)OC(=O)NCC(C)(C)C(O)C(=O)O. The Balaban J connectivity index is 4.28. The van der Waals surface area contributed by atoms with Crippen LogP contribution in [0.15, 0.2) is 0 Å². The first-order valence-corrected chi connectivity index (χ1v) is 5.33. The molecular formula is C11H21NO5. The Kier molecular flexibility index (Phi) is 4.94. The van der Waals surface area contributed by atoms with Gasteiger partial charge in [0.05, 0.1) is 0 Å². The number of carboxylic acids is 1.